The maximum absolute atomic E-state index is 11.5. The smallest absolute Gasteiger partial charge is 0.217 e. The van der Waals surface area contributed by atoms with Crippen LogP contribution in [-0.4, -0.2) is 66.1 Å². The van der Waals surface area contributed by atoms with Crippen LogP contribution in [0.25, 0.3) is 0 Å². The zero-order valence-corrected chi connectivity index (χ0v) is 16.3. The van der Waals surface area contributed by atoms with E-state index in [1.807, 2.05) is 13.8 Å². The Kier molecular flexibility index (Phi) is 8.77. The minimum Gasteiger partial charge on any atom is -0.388 e. The van der Waals surface area contributed by atoms with Crippen LogP contribution >= 0.6 is 0 Å². The first-order valence-corrected chi connectivity index (χ1v) is 9.12. The third-order valence-corrected chi connectivity index (χ3v) is 5.03. The molecule has 1 aliphatic heterocycles. The van der Waals surface area contributed by atoms with E-state index in [0.717, 1.165) is 19.3 Å². The van der Waals surface area contributed by atoms with E-state index < -0.39 is 36.2 Å². The molecule has 1 saturated heterocycles. The molecule has 0 radical (unpaired) electrons. The fourth-order valence-electron chi connectivity index (χ4n) is 3.16. The lowest BCUT2D eigenvalue weighted by Gasteiger charge is -2.46. The average molecular weight is 361 g/mol. The van der Waals surface area contributed by atoms with Gasteiger partial charge in [-0.2, -0.15) is 0 Å². The highest BCUT2D eigenvalue weighted by atomic mass is 16.7. The molecule has 1 rings (SSSR count). The number of methoxy groups -OCH3 is 1. The predicted octanol–water partition coefficient (Wildman–Crippen LogP) is 1.21. The molecule has 0 aliphatic carbocycles. The molecule has 7 atom stereocenters. The summed E-state index contributed by atoms with van der Waals surface area (Å²) in [5, 5.41) is 23.4. The number of aliphatic hydroxyl groups is 2. The number of carbonyl (C=O) groups is 1. The number of nitrogens with one attached hydrogen (secondary N) is 1. The Labute approximate surface area is 151 Å². The van der Waals surface area contributed by atoms with Gasteiger partial charge in [-0.3, -0.25) is 4.79 Å². The summed E-state index contributed by atoms with van der Waals surface area (Å²) in [4.78, 5) is 11.5. The number of hydrogen-bond acceptors (Lipinski definition) is 6. The summed E-state index contributed by atoms with van der Waals surface area (Å²) in [5.41, 5.74) is -0.462. The molecule has 0 bridgehead atoms. The van der Waals surface area contributed by atoms with Crippen LogP contribution < -0.4 is 5.32 Å². The molecule has 1 aliphatic rings. The molecule has 1 amide bonds. The van der Waals surface area contributed by atoms with E-state index in [-0.39, 0.29) is 12.5 Å². The van der Waals surface area contributed by atoms with E-state index in [1.165, 1.54) is 14.0 Å². The summed E-state index contributed by atoms with van der Waals surface area (Å²) in [6, 6.07) is -0.844. The van der Waals surface area contributed by atoms with Gasteiger partial charge in [0.05, 0.1) is 12.2 Å². The van der Waals surface area contributed by atoms with Crippen molar-refractivity contribution in [1.29, 1.82) is 0 Å². The fraction of sp³-hybridized carbons (Fsp3) is 0.944. The normalized spacial score (nSPS) is 33.5. The van der Waals surface area contributed by atoms with Crippen molar-refractivity contribution in [3.63, 3.8) is 0 Å². The van der Waals surface area contributed by atoms with Gasteiger partial charge in [0, 0.05) is 14.0 Å². The van der Waals surface area contributed by atoms with E-state index in [9.17, 15) is 15.0 Å². The van der Waals surface area contributed by atoms with Gasteiger partial charge in [-0.1, -0.05) is 27.2 Å². The molecule has 25 heavy (non-hydrogen) atoms. The Hall–Kier alpha value is -0.730. The van der Waals surface area contributed by atoms with Gasteiger partial charge >= 0.3 is 0 Å². The monoisotopic (exact) mass is 361 g/mol. The van der Waals surface area contributed by atoms with E-state index in [1.54, 1.807) is 0 Å². The molecule has 3 N–H and O–H groups in total. The van der Waals surface area contributed by atoms with Gasteiger partial charge in [0.25, 0.3) is 0 Å². The second-order valence-corrected chi connectivity index (χ2v) is 7.34. The van der Waals surface area contributed by atoms with Crippen LogP contribution in [0.15, 0.2) is 0 Å². The number of carbonyl (C=O) groups excluding carboxylic acids is 1. The van der Waals surface area contributed by atoms with Crippen LogP contribution in [0.2, 0.25) is 0 Å². The van der Waals surface area contributed by atoms with Gasteiger partial charge in [-0.15, -0.1) is 0 Å². The van der Waals surface area contributed by atoms with Gasteiger partial charge in [-0.05, 0) is 25.7 Å². The number of rotatable bonds is 9. The Balaban J connectivity index is 3.00. The molecule has 7 nitrogen and oxygen atoms in total. The standard InChI is InChI=1S/C18H35NO6/c1-7-11(3)9-18(5,8-2)25-17-14(19-12(4)20)16(22)15(21)13(24-17)10-23-6/h11,13-17,21-22H,7-10H2,1-6H3,(H,19,20). The minimum atomic E-state index is -1.20. The summed E-state index contributed by atoms with van der Waals surface area (Å²) in [5.74, 6) is 0.150. The summed E-state index contributed by atoms with van der Waals surface area (Å²) >= 11 is 0. The lowest BCUT2D eigenvalue weighted by atomic mass is 9.88. The number of aliphatic hydroxyl groups excluding tert-OH is 2. The Morgan fingerprint density at radius 3 is 2.44 bits per heavy atom. The van der Waals surface area contributed by atoms with Crippen LogP contribution in [0, 0.1) is 5.92 Å². The van der Waals surface area contributed by atoms with Crippen LogP contribution in [0.1, 0.15) is 53.9 Å². The number of ether oxygens (including phenoxy) is 3. The van der Waals surface area contributed by atoms with Crippen molar-refractivity contribution in [2.24, 2.45) is 5.92 Å². The second kappa shape index (κ2) is 9.83. The molecule has 0 aromatic carbocycles. The molecule has 0 aromatic heterocycles. The zero-order chi connectivity index (χ0) is 19.2. The first kappa shape index (κ1) is 22.3. The van der Waals surface area contributed by atoms with E-state index in [2.05, 4.69) is 19.2 Å². The first-order valence-electron chi connectivity index (χ1n) is 9.12. The maximum Gasteiger partial charge on any atom is 0.217 e. The molecule has 0 aromatic rings. The summed E-state index contributed by atoms with van der Waals surface area (Å²) in [6.45, 7) is 9.82. The van der Waals surface area contributed by atoms with Crippen LogP contribution in [0.3, 0.4) is 0 Å². The van der Waals surface area contributed by atoms with Gasteiger partial charge in [0.2, 0.25) is 5.91 Å². The molecule has 7 heteroatoms. The van der Waals surface area contributed by atoms with Crippen LogP contribution in [0.4, 0.5) is 0 Å². The lowest BCUT2D eigenvalue weighted by molar-refractivity contribution is -0.301. The SMILES string of the molecule is CCC(C)CC(C)(CC)OC1OC(COC)C(O)C(O)C1NC(C)=O. The van der Waals surface area contributed by atoms with Crippen molar-refractivity contribution in [3.8, 4) is 0 Å². The lowest BCUT2D eigenvalue weighted by Crippen LogP contribution is -2.65. The average Bonchev–Trinajstić information content (AvgIpc) is 2.55. The highest BCUT2D eigenvalue weighted by molar-refractivity contribution is 5.73. The highest BCUT2D eigenvalue weighted by Gasteiger charge is 2.47. The zero-order valence-electron chi connectivity index (χ0n) is 16.3. The van der Waals surface area contributed by atoms with Crippen molar-refractivity contribution >= 4 is 5.91 Å². The maximum atomic E-state index is 11.5. The van der Waals surface area contributed by atoms with Crippen molar-refractivity contribution < 1.29 is 29.2 Å². The molecule has 148 valence electrons. The summed E-state index contributed by atoms with van der Waals surface area (Å²) in [7, 11) is 1.50. The van der Waals surface area contributed by atoms with Crippen LogP contribution in [-0.2, 0) is 19.0 Å². The summed E-state index contributed by atoms with van der Waals surface area (Å²) in [6.07, 6.45) is -1.33. The van der Waals surface area contributed by atoms with Crippen LogP contribution in [0.5, 0.6) is 0 Å². The van der Waals surface area contributed by atoms with E-state index >= 15 is 0 Å². The van der Waals surface area contributed by atoms with E-state index in [4.69, 9.17) is 14.2 Å². The fourth-order valence-corrected chi connectivity index (χ4v) is 3.16. The first-order chi connectivity index (χ1) is 11.7. The third-order valence-electron chi connectivity index (χ3n) is 5.03. The predicted molar refractivity (Wildman–Crippen MR) is 94.0 cm³/mol. The Morgan fingerprint density at radius 2 is 1.96 bits per heavy atom. The van der Waals surface area contributed by atoms with Crippen molar-refractivity contribution in [3.05, 3.63) is 0 Å². The molecule has 1 fully saturated rings. The second-order valence-electron chi connectivity index (χ2n) is 7.34. The summed E-state index contributed by atoms with van der Waals surface area (Å²) < 4.78 is 17.2. The molecule has 0 spiro atoms. The van der Waals surface area contributed by atoms with E-state index in [0.29, 0.717) is 5.92 Å². The molecule has 1 heterocycles. The molecular weight excluding hydrogens is 326 g/mol. The quantitative estimate of drug-likeness (QED) is 0.571. The topological polar surface area (TPSA) is 97.2 Å². The van der Waals surface area contributed by atoms with Crippen molar-refractivity contribution in [1.82, 2.24) is 5.32 Å². The van der Waals surface area contributed by atoms with Crippen molar-refractivity contribution in [2.75, 3.05) is 13.7 Å². The number of hydrogen-bond donors (Lipinski definition) is 3. The van der Waals surface area contributed by atoms with Crippen molar-refractivity contribution in [2.45, 2.75) is 90.1 Å². The van der Waals surface area contributed by atoms with Gasteiger partial charge in [0.1, 0.15) is 24.4 Å². The molecule has 7 unspecified atom stereocenters. The molecular formula is C18H35NO6. The molecule has 0 saturated carbocycles. The highest BCUT2D eigenvalue weighted by Crippen LogP contribution is 2.32. The Morgan fingerprint density at radius 1 is 1.32 bits per heavy atom. The number of amides is 1. The van der Waals surface area contributed by atoms with Gasteiger partial charge in [0.15, 0.2) is 6.29 Å². The largest absolute Gasteiger partial charge is 0.388 e. The Bertz CT molecular complexity index is 420. The minimum absolute atomic E-state index is 0.124. The third kappa shape index (κ3) is 6.18. The van der Waals surface area contributed by atoms with Gasteiger partial charge in [-0.25, -0.2) is 0 Å². The van der Waals surface area contributed by atoms with Gasteiger partial charge < -0.3 is 29.7 Å².